The molecule has 0 heterocycles. The molecule has 0 radical (unpaired) electrons. The summed E-state index contributed by atoms with van der Waals surface area (Å²) < 4.78 is 53.4. The van der Waals surface area contributed by atoms with Gasteiger partial charge in [-0.25, -0.2) is 4.79 Å². The first-order chi connectivity index (χ1) is 5.88. The van der Waals surface area contributed by atoms with Gasteiger partial charge in [-0.15, -0.1) is 0 Å². The standard InChI is InChI=1S/C6H9ClF4O2Si/c1-14(2,3)13-4(12)5(8,9)6(7,10)11/h1-3H3. The number of hydrogen-bond acceptors (Lipinski definition) is 2. The summed E-state index contributed by atoms with van der Waals surface area (Å²) in [6.45, 7) is 4.23. The number of carbonyl (C=O) groups is 1. The van der Waals surface area contributed by atoms with Crippen LogP contribution in [0, 0.1) is 0 Å². The highest BCUT2D eigenvalue weighted by Gasteiger charge is 2.63. The van der Waals surface area contributed by atoms with Crippen LogP contribution < -0.4 is 0 Å². The molecular weight excluding hydrogens is 244 g/mol. The largest absolute Gasteiger partial charge is 0.515 e. The Morgan fingerprint density at radius 2 is 1.57 bits per heavy atom. The minimum atomic E-state index is -4.99. The van der Waals surface area contributed by atoms with Gasteiger partial charge in [-0.1, -0.05) is 0 Å². The minimum Gasteiger partial charge on any atom is -0.515 e. The molecule has 84 valence electrons. The zero-order valence-electron chi connectivity index (χ0n) is 7.71. The Balaban J connectivity index is 4.70. The van der Waals surface area contributed by atoms with Gasteiger partial charge >= 0.3 is 17.3 Å². The van der Waals surface area contributed by atoms with Crippen LogP contribution in [0.5, 0.6) is 0 Å². The molecule has 8 heteroatoms. The summed E-state index contributed by atoms with van der Waals surface area (Å²) in [4.78, 5) is 10.6. The predicted molar refractivity (Wildman–Crippen MR) is 45.2 cm³/mol. The maximum atomic E-state index is 12.5. The summed E-state index contributed by atoms with van der Waals surface area (Å²) >= 11 is 4.08. The number of hydrogen-bond donors (Lipinski definition) is 0. The van der Waals surface area contributed by atoms with Crippen LogP contribution in [0.25, 0.3) is 0 Å². The Bertz CT molecular complexity index is 233. The van der Waals surface area contributed by atoms with Crippen molar-refractivity contribution in [3.05, 3.63) is 0 Å². The molecule has 0 aromatic heterocycles. The molecule has 0 aromatic rings. The van der Waals surface area contributed by atoms with Crippen molar-refractivity contribution in [3.8, 4) is 0 Å². The molecule has 0 rings (SSSR count). The summed E-state index contributed by atoms with van der Waals surface area (Å²) in [7, 11) is -2.63. The average Bonchev–Trinajstić information content (AvgIpc) is 1.80. The molecule has 0 saturated heterocycles. The maximum absolute atomic E-state index is 12.5. The van der Waals surface area contributed by atoms with Crippen molar-refractivity contribution in [2.75, 3.05) is 0 Å². The predicted octanol–water partition coefficient (Wildman–Crippen LogP) is 2.83. The molecule has 0 unspecified atom stereocenters. The minimum absolute atomic E-state index is 1.41. The van der Waals surface area contributed by atoms with Crippen molar-refractivity contribution in [2.24, 2.45) is 0 Å². The van der Waals surface area contributed by atoms with Crippen LogP contribution in [0.2, 0.25) is 19.6 Å². The van der Waals surface area contributed by atoms with Gasteiger partial charge in [-0.05, 0) is 31.2 Å². The molecule has 0 aliphatic heterocycles. The molecule has 0 atom stereocenters. The summed E-state index contributed by atoms with van der Waals surface area (Å²) in [6.07, 6.45) is 0. The fourth-order valence-electron chi connectivity index (χ4n) is 0.458. The Morgan fingerprint density at radius 3 is 1.79 bits per heavy atom. The fourth-order valence-corrected chi connectivity index (χ4v) is 1.22. The van der Waals surface area contributed by atoms with Crippen LogP contribution >= 0.6 is 11.6 Å². The molecule has 14 heavy (non-hydrogen) atoms. The van der Waals surface area contributed by atoms with Crippen molar-refractivity contribution in [3.63, 3.8) is 0 Å². The molecule has 0 spiro atoms. The first-order valence-corrected chi connectivity index (χ1v) is 7.34. The molecule has 0 aliphatic carbocycles. The van der Waals surface area contributed by atoms with Crippen LogP contribution in [0.4, 0.5) is 17.6 Å². The Morgan fingerprint density at radius 1 is 1.21 bits per heavy atom. The van der Waals surface area contributed by atoms with Gasteiger partial charge in [0, 0.05) is 0 Å². The second-order valence-electron chi connectivity index (χ2n) is 3.57. The second kappa shape index (κ2) is 3.69. The molecule has 0 aliphatic rings. The van der Waals surface area contributed by atoms with E-state index >= 15 is 0 Å². The van der Waals surface area contributed by atoms with Crippen molar-refractivity contribution >= 4 is 25.9 Å². The van der Waals surface area contributed by atoms with E-state index in [0.29, 0.717) is 0 Å². The van der Waals surface area contributed by atoms with E-state index in [1.165, 1.54) is 19.6 Å². The van der Waals surface area contributed by atoms with Gasteiger partial charge in [-0.2, -0.15) is 17.6 Å². The fraction of sp³-hybridized carbons (Fsp3) is 0.833. The summed E-state index contributed by atoms with van der Waals surface area (Å²) in [5.41, 5.74) is 0. The van der Waals surface area contributed by atoms with E-state index in [1.54, 1.807) is 0 Å². The van der Waals surface area contributed by atoms with Crippen LogP contribution in [-0.2, 0) is 9.22 Å². The average molecular weight is 253 g/mol. The molecule has 2 nitrogen and oxygen atoms in total. The van der Waals surface area contributed by atoms with Crippen LogP contribution in [-0.4, -0.2) is 25.6 Å². The molecule has 0 amide bonds. The molecule has 0 fully saturated rings. The highest BCUT2D eigenvalue weighted by Crippen LogP contribution is 2.39. The summed E-state index contributed by atoms with van der Waals surface area (Å²) in [5, 5.41) is -4.93. The van der Waals surface area contributed by atoms with Crippen molar-refractivity contribution in [1.82, 2.24) is 0 Å². The van der Waals surface area contributed by atoms with Gasteiger partial charge in [0.2, 0.25) is 8.32 Å². The third-order valence-corrected chi connectivity index (χ3v) is 2.05. The van der Waals surface area contributed by atoms with Crippen molar-refractivity contribution < 1.29 is 26.8 Å². The molecule has 0 aromatic carbocycles. The van der Waals surface area contributed by atoms with Gasteiger partial charge in [0.15, 0.2) is 0 Å². The molecule has 0 bridgehead atoms. The summed E-state index contributed by atoms with van der Waals surface area (Å²) in [5.74, 6) is -7.27. The van der Waals surface area contributed by atoms with E-state index in [1.807, 2.05) is 0 Å². The van der Waals surface area contributed by atoms with E-state index in [0.717, 1.165) is 0 Å². The third-order valence-electron chi connectivity index (χ3n) is 1.01. The van der Waals surface area contributed by atoms with E-state index in [9.17, 15) is 22.4 Å². The Hall–Kier alpha value is -0.303. The topological polar surface area (TPSA) is 26.3 Å². The van der Waals surface area contributed by atoms with Crippen molar-refractivity contribution in [2.45, 2.75) is 30.9 Å². The van der Waals surface area contributed by atoms with Crippen LogP contribution in [0.3, 0.4) is 0 Å². The first kappa shape index (κ1) is 13.7. The van der Waals surface area contributed by atoms with Crippen LogP contribution in [0.1, 0.15) is 0 Å². The molecular formula is C6H9ClF4O2Si. The van der Waals surface area contributed by atoms with Crippen molar-refractivity contribution in [1.29, 1.82) is 0 Å². The van der Waals surface area contributed by atoms with E-state index < -0.39 is 25.6 Å². The number of halogens is 5. The van der Waals surface area contributed by atoms with E-state index in [4.69, 9.17) is 0 Å². The Kier molecular flexibility index (Phi) is 3.61. The highest BCUT2D eigenvalue weighted by molar-refractivity contribution is 6.71. The van der Waals surface area contributed by atoms with Gasteiger partial charge in [0.05, 0.1) is 0 Å². The lowest BCUT2D eigenvalue weighted by Crippen LogP contribution is -2.48. The first-order valence-electron chi connectivity index (χ1n) is 3.56. The number of alkyl halides is 5. The molecule has 0 N–H and O–H groups in total. The van der Waals surface area contributed by atoms with Gasteiger partial charge in [-0.3, -0.25) is 0 Å². The SMILES string of the molecule is C[Si](C)(C)OC(=O)C(F)(F)C(F)(F)Cl. The smallest absolute Gasteiger partial charge is 0.417 e. The third kappa shape index (κ3) is 3.45. The number of carbonyl (C=O) groups excluding carboxylic acids is 1. The monoisotopic (exact) mass is 252 g/mol. The van der Waals surface area contributed by atoms with Gasteiger partial charge in [0.1, 0.15) is 0 Å². The number of rotatable bonds is 3. The highest BCUT2D eigenvalue weighted by atomic mass is 35.5. The lowest BCUT2D eigenvalue weighted by molar-refractivity contribution is -0.195. The van der Waals surface area contributed by atoms with Gasteiger partial charge in [0.25, 0.3) is 0 Å². The normalized spacial score (nSPS) is 14.0. The maximum Gasteiger partial charge on any atom is 0.417 e. The van der Waals surface area contributed by atoms with E-state index in [2.05, 4.69) is 16.0 Å². The lowest BCUT2D eigenvalue weighted by atomic mass is 10.3. The Labute approximate surface area is 84.3 Å². The second-order valence-corrected chi connectivity index (χ2v) is 8.48. The lowest BCUT2D eigenvalue weighted by Gasteiger charge is -2.24. The zero-order chi connectivity index (χ0) is 11.8. The van der Waals surface area contributed by atoms with Gasteiger partial charge < -0.3 is 4.43 Å². The molecule has 0 saturated carbocycles. The van der Waals surface area contributed by atoms with E-state index in [-0.39, 0.29) is 0 Å². The quantitative estimate of drug-likeness (QED) is 0.439. The zero-order valence-corrected chi connectivity index (χ0v) is 9.46. The summed E-state index contributed by atoms with van der Waals surface area (Å²) in [6, 6.07) is 0. The van der Waals surface area contributed by atoms with Crippen LogP contribution in [0.15, 0.2) is 0 Å².